The van der Waals surface area contributed by atoms with Crippen LogP contribution in [0.15, 0.2) is 22.0 Å². The highest BCUT2D eigenvalue weighted by molar-refractivity contribution is 9.11. The van der Waals surface area contributed by atoms with Crippen molar-refractivity contribution in [3.8, 4) is 0 Å². The fourth-order valence-electron chi connectivity index (χ4n) is 1.64. The molecule has 0 saturated heterocycles. The lowest BCUT2D eigenvalue weighted by atomic mass is 10.4. The third kappa shape index (κ3) is 4.78. The average molecular weight is 384 g/mol. The lowest BCUT2D eigenvalue weighted by Gasteiger charge is -2.08. The zero-order valence-corrected chi connectivity index (χ0v) is 14.3. The molecule has 116 valence electrons. The van der Waals surface area contributed by atoms with Gasteiger partial charge in [-0.25, -0.2) is 9.97 Å². The van der Waals surface area contributed by atoms with Gasteiger partial charge in [-0.05, 0) is 48.0 Å². The standard InChI is InChI=1S/C13H14BrN5O2S/c1-7-5-8(2)17-13(16-7)19-18-11(20)6-15-12(21)9-3-4-10(14)22-9/h3-5H,6H2,1-2H3,(H,15,21)(H,18,20)(H,16,17,19). The van der Waals surface area contributed by atoms with E-state index in [0.717, 1.165) is 15.2 Å². The summed E-state index contributed by atoms with van der Waals surface area (Å²) in [5.41, 5.74) is 6.63. The van der Waals surface area contributed by atoms with E-state index in [2.05, 4.69) is 42.1 Å². The van der Waals surface area contributed by atoms with Crippen LogP contribution in [0.3, 0.4) is 0 Å². The first-order chi connectivity index (χ1) is 10.4. The van der Waals surface area contributed by atoms with E-state index >= 15 is 0 Å². The van der Waals surface area contributed by atoms with Gasteiger partial charge in [0.1, 0.15) is 0 Å². The van der Waals surface area contributed by atoms with Crippen LogP contribution in [0.5, 0.6) is 0 Å². The van der Waals surface area contributed by atoms with Crippen molar-refractivity contribution in [2.24, 2.45) is 0 Å². The van der Waals surface area contributed by atoms with Crippen LogP contribution in [0.2, 0.25) is 0 Å². The maximum atomic E-state index is 11.8. The van der Waals surface area contributed by atoms with E-state index in [0.29, 0.717) is 10.8 Å². The van der Waals surface area contributed by atoms with Gasteiger partial charge in [-0.15, -0.1) is 11.3 Å². The summed E-state index contributed by atoms with van der Waals surface area (Å²) >= 11 is 4.58. The first kappa shape index (κ1) is 16.4. The molecule has 0 aliphatic rings. The van der Waals surface area contributed by atoms with Crippen LogP contribution in [0.1, 0.15) is 21.1 Å². The van der Waals surface area contributed by atoms with Gasteiger partial charge in [0.05, 0.1) is 15.2 Å². The van der Waals surface area contributed by atoms with Crippen LogP contribution in [0.25, 0.3) is 0 Å². The van der Waals surface area contributed by atoms with Crippen molar-refractivity contribution in [3.63, 3.8) is 0 Å². The number of rotatable bonds is 5. The molecule has 2 heterocycles. The molecule has 0 spiro atoms. The molecule has 0 aliphatic carbocycles. The fraction of sp³-hybridized carbons (Fsp3) is 0.231. The van der Waals surface area contributed by atoms with E-state index in [1.807, 2.05) is 19.9 Å². The highest BCUT2D eigenvalue weighted by Gasteiger charge is 2.10. The lowest BCUT2D eigenvalue weighted by Crippen LogP contribution is -2.39. The van der Waals surface area contributed by atoms with Gasteiger partial charge in [0.25, 0.3) is 11.8 Å². The Kier molecular flexibility index (Phi) is 5.45. The van der Waals surface area contributed by atoms with Crippen molar-refractivity contribution in [1.82, 2.24) is 20.7 Å². The minimum Gasteiger partial charge on any atom is -0.342 e. The summed E-state index contributed by atoms with van der Waals surface area (Å²) in [5.74, 6) is -0.389. The van der Waals surface area contributed by atoms with Crippen LogP contribution in [-0.4, -0.2) is 28.3 Å². The van der Waals surface area contributed by atoms with Crippen LogP contribution in [0.4, 0.5) is 5.95 Å². The average Bonchev–Trinajstić information content (AvgIpc) is 2.88. The first-order valence-corrected chi connectivity index (χ1v) is 7.95. The number of amides is 2. The number of nitrogens with zero attached hydrogens (tertiary/aromatic N) is 2. The zero-order valence-electron chi connectivity index (χ0n) is 11.9. The smallest absolute Gasteiger partial charge is 0.261 e. The van der Waals surface area contributed by atoms with E-state index in [1.54, 1.807) is 12.1 Å². The highest BCUT2D eigenvalue weighted by Crippen LogP contribution is 2.21. The molecule has 9 heteroatoms. The van der Waals surface area contributed by atoms with Crippen LogP contribution in [0, 0.1) is 13.8 Å². The molecule has 0 fully saturated rings. The lowest BCUT2D eigenvalue weighted by molar-refractivity contribution is -0.119. The number of thiophene rings is 1. The number of carbonyl (C=O) groups is 2. The normalized spacial score (nSPS) is 10.1. The molecule has 0 radical (unpaired) electrons. The molecule has 0 unspecified atom stereocenters. The van der Waals surface area contributed by atoms with E-state index in [4.69, 9.17) is 0 Å². The Bertz CT molecular complexity index is 683. The second kappa shape index (κ2) is 7.32. The second-order valence-electron chi connectivity index (χ2n) is 4.43. The summed E-state index contributed by atoms with van der Waals surface area (Å²) in [6, 6.07) is 5.29. The fourth-order valence-corrected chi connectivity index (χ4v) is 2.94. The molecule has 0 aliphatic heterocycles. The van der Waals surface area contributed by atoms with Crippen molar-refractivity contribution in [1.29, 1.82) is 0 Å². The molecule has 7 nitrogen and oxygen atoms in total. The van der Waals surface area contributed by atoms with Crippen molar-refractivity contribution in [2.75, 3.05) is 12.0 Å². The van der Waals surface area contributed by atoms with Crippen molar-refractivity contribution in [2.45, 2.75) is 13.8 Å². The molecule has 22 heavy (non-hydrogen) atoms. The number of hydrogen-bond acceptors (Lipinski definition) is 6. The molecule has 2 rings (SSSR count). The summed E-state index contributed by atoms with van der Waals surface area (Å²) in [6.07, 6.45) is 0. The summed E-state index contributed by atoms with van der Waals surface area (Å²) in [5, 5.41) is 2.53. The molecule has 2 amide bonds. The van der Waals surface area contributed by atoms with Gasteiger partial charge < -0.3 is 5.32 Å². The molecule has 0 saturated carbocycles. The molecule has 0 atom stereocenters. The Morgan fingerprint density at radius 2 is 1.91 bits per heavy atom. The topological polar surface area (TPSA) is 96.0 Å². The Hall–Kier alpha value is -2.00. The third-order valence-corrected chi connectivity index (χ3v) is 4.12. The second-order valence-corrected chi connectivity index (χ2v) is 6.90. The van der Waals surface area contributed by atoms with Gasteiger partial charge in [0, 0.05) is 11.4 Å². The van der Waals surface area contributed by atoms with Gasteiger partial charge in [-0.2, -0.15) is 0 Å². The maximum Gasteiger partial charge on any atom is 0.261 e. The zero-order chi connectivity index (χ0) is 16.1. The largest absolute Gasteiger partial charge is 0.342 e. The summed E-state index contributed by atoms with van der Waals surface area (Å²) in [6.45, 7) is 3.52. The molecule has 3 N–H and O–H groups in total. The van der Waals surface area contributed by atoms with Crippen LogP contribution in [-0.2, 0) is 4.79 Å². The number of anilines is 1. The monoisotopic (exact) mass is 383 g/mol. The SMILES string of the molecule is Cc1cc(C)nc(NNC(=O)CNC(=O)c2ccc(Br)s2)n1. The minimum atomic E-state index is -0.397. The molecule has 0 bridgehead atoms. The number of nitrogens with one attached hydrogen (secondary N) is 3. The quantitative estimate of drug-likeness (QED) is 0.684. The Morgan fingerprint density at radius 3 is 2.50 bits per heavy atom. The van der Waals surface area contributed by atoms with Gasteiger partial charge in [0.15, 0.2) is 0 Å². The van der Waals surface area contributed by atoms with Crippen molar-refractivity contribution < 1.29 is 9.59 Å². The van der Waals surface area contributed by atoms with E-state index in [9.17, 15) is 9.59 Å². The van der Waals surface area contributed by atoms with E-state index < -0.39 is 5.91 Å². The van der Waals surface area contributed by atoms with E-state index in [-0.39, 0.29) is 12.5 Å². The number of aromatic nitrogens is 2. The highest BCUT2D eigenvalue weighted by atomic mass is 79.9. The van der Waals surface area contributed by atoms with Gasteiger partial charge in [-0.3, -0.25) is 20.4 Å². The Morgan fingerprint density at radius 1 is 1.23 bits per heavy atom. The minimum absolute atomic E-state index is 0.147. The van der Waals surface area contributed by atoms with Gasteiger partial charge >= 0.3 is 0 Å². The van der Waals surface area contributed by atoms with Gasteiger partial charge in [-0.1, -0.05) is 0 Å². The van der Waals surface area contributed by atoms with E-state index in [1.165, 1.54) is 11.3 Å². The molecule has 0 aromatic carbocycles. The van der Waals surface area contributed by atoms with Gasteiger partial charge in [0.2, 0.25) is 5.95 Å². The molecule has 2 aromatic heterocycles. The number of aryl methyl sites for hydroxylation is 2. The number of carbonyl (C=O) groups excluding carboxylic acids is 2. The van der Waals surface area contributed by atoms with Crippen LogP contribution < -0.4 is 16.2 Å². The van der Waals surface area contributed by atoms with Crippen molar-refractivity contribution >= 4 is 45.0 Å². The Balaban J connectivity index is 1.79. The predicted octanol–water partition coefficient (Wildman–Crippen LogP) is 1.79. The summed E-state index contributed by atoms with van der Waals surface area (Å²) < 4.78 is 0.857. The molecular formula is C13H14BrN5O2S. The predicted molar refractivity (Wildman–Crippen MR) is 87.6 cm³/mol. The number of hydrazine groups is 1. The number of hydrogen-bond donors (Lipinski definition) is 3. The molecular weight excluding hydrogens is 370 g/mol. The van der Waals surface area contributed by atoms with Crippen LogP contribution >= 0.6 is 27.3 Å². The Labute approximate surface area is 139 Å². The summed E-state index contributed by atoms with van der Waals surface area (Å²) in [4.78, 5) is 32.2. The summed E-state index contributed by atoms with van der Waals surface area (Å²) in [7, 11) is 0. The third-order valence-electron chi connectivity index (χ3n) is 2.50. The van der Waals surface area contributed by atoms with Crippen molar-refractivity contribution in [3.05, 3.63) is 38.3 Å². The number of halogens is 1. The maximum absolute atomic E-state index is 11.8. The molecule has 2 aromatic rings. The first-order valence-electron chi connectivity index (χ1n) is 6.35.